The molecular formula is C20H15FN2O3S2. The first-order valence-corrected chi connectivity index (χ1v) is 10.7. The molecule has 1 aliphatic rings. The highest BCUT2D eigenvalue weighted by molar-refractivity contribution is 7.97. The van der Waals surface area contributed by atoms with Gasteiger partial charge in [0, 0.05) is 11.9 Å². The standard InChI is InChI=1S/C20H15FN2O3S2/c21-15-7-4-8-16(11-15)22-12-18-19(24)20-17(9-10-27-20)23(28(18,25)26)13-14-5-2-1-3-6-14/h1-12,22H,13H2/b18-12-. The molecule has 1 aromatic heterocycles. The number of fused-ring (bicyclic) bond motifs is 1. The summed E-state index contributed by atoms with van der Waals surface area (Å²) >= 11 is 1.19. The van der Waals surface area contributed by atoms with E-state index in [-0.39, 0.29) is 11.4 Å². The van der Waals surface area contributed by atoms with E-state index in [2.05, 4.69) is 5.32 Å². The number of Topliss-reactive ketones (excluding diaryl/α,β-unsaturated/α-hetero) is 1. The number of nitrogens with zero attached hydrogens (tertiary/aromatic N) is 1. The molecule has 0 amide bonds. The van der Waals surface area contributed by atoms with Gasteiger partial charge < -0.3 is 5.32 Å². The fraction of sp³-hybridized carbons (Fsp3) is 0.0500. The molecule has 0 saturated heterocycles. The molecule has 0 spiro atoms. The molecule has 8 heteroatoms. The normalized spacial score (nSPS) is 16.8. The molecule has 1 aliphatic heterocycles. The van der Waals surface area contributed by atoms with Crippen LogP contribution in [0.5, 0.6) is 0 Å². The van der Waals surface area contributed by atoms with Crippen LogP contribution in [0.3, 0.4) is 0 Å². The smallest absolute Gasteiger partial charge is 0.270 e. The van der Waals surface area contributed by atoms with Gasteiger partial charge >= 0.3 is 0 Å². The Kier molecular flexibility index (Phi) is 4.74. The first kappa shape index (κ1) is 18.4. The largest absolute Gasteiger partial charge is 0.360 e. The van der Waals surface area contributed by atoms with Gasteiger partial charge in [-0.15, -0.1) is 11.3 Å². The van der Waals surface area contributed by atoms with Crippen molar-refractivity contribution in [3.8, 4) is 0 Å². The third-order valence-electron chi connectivity index (χ3n) is 4.27. The van der Waals surface area contributed by atoms with Gasteiger partial charge in [0.05, 0.1) is 12.2 Å². The number of nitrogens with one attached hydrogen (secondary N) is 1. The fourth-order valence-electron chi connectivity index (χ4n) is 2.93. The second-order valence-corrected chi connectivity index (χ2v) is 8.87. The van der Waals surface area contributed by atoms with Crippen LogP contribution in [0, 0.1) is 5.82 Å². The fourth-order valence-corrected chi connectivity index (χ4v) is 5.42. The molecule has 5 nitrogen and oxygen atoms in total. The molecule has 0 atom stereocenters. The Morgan fingerprint density at radius 2 is 1.86 bits per heavy atom. The minimum absolute atomic E-state index is 0.109. The summed E-state index contributed by atoms with van der Waals surface area (Å²) in [6, 6.07) is 16.4. The molecule has 2 aromatic carbocycles. The SMILES string of the molecule is O=C1/C(=C/Nc2cccc(F)c2)S(=O)(=O)N(Cc2ccccc2)c2ccsc21. The van der Waals surface area contributed by atoms with Gasteiger partial charge in [0.15, 0.2) is 4.91 Å². The van der Waals surface area contributed by atoms with Crippen molar-refractivity contribution in [2.24, 2.45) is 0 Å². The summed E-state index contributed by atoms with van der Waals surface area (Å²) in [4.78, 5) is 12.8. The predicted octanol–water partition coefficient (Wildman–Crippen LogP) is 4.37. The maximum atomic E-state index is 13.4. The lowest BCUT2D eigenvalue weighted by molar-refractivity contribution is 0.104. The summed E-state index contributed by atoms with van der Waals surface area (Å²) in [7, 11) is -4.08. The number of allylic oxidation sites excluding steroid dienone is 1. The zero-order valence-electron chi connectivity index (χ0n) is 14.5. The Morgan fingerprint density at radius 1 is 1.07 bits per heavy atom. The number of ketones is 1. The summed E-state index contributed by atoms with van der Waals surface area (Å²) in [5.74, 6) is -1.04. The van der Waals surface area contributed by atoms with Crippen LogP contribution in [-0.2, 0) is 16.6 Å². The third-order valence-corrected chi connectivity index (χ3v) is 6.94. The lowest BCUT2D eigenvalue weighted by atomic mass is 10.2. The van der Waals surface area contributed by atoms with Crippen LogP contribution in [0.25, 0.3) is 0 Å². The molecule has 0 unspecified atom stereocenters. The Labute approximate surface area is 165 Å². The van der Waals surface area contributed by atoms with Gasteiger partial charge in [0.1, 0.15) is 10.7 Å². The molecule has 0 radical (unpaired) electrons. The van der Waals surface area contributed by atoms with E-state index in [1.54, 1.807) is 17.5 Å². The minimum atomic E-state index is -4.08. The van der Waals surface area contributed by atoms with E-state index in [1.165, 1.54) is 33.8 Å². The highest BCUT2D eigenvalue weighted by Gasteiger charge is 2.41. The van der Waals surface area contributed by atoms with Crippen molar-refractivity contribution >= 4 is 38.5 Å². The molecule has 3 aromatic rings. The zero-order chi connectivity index (χ0) is 19.7. The van der Waals surface area contributed by atoms with Crippen LogP contribution in [0.1, 0.15) is 15.2 Å². The average Bonchev–Trinajstić information content (AvgIpc) is 3.15. The second kappa shape index (κ2) is 7.21. The van der Waals surface area contributed by atoms with Crippen LogP contribution in [0.15, 0.2) is 77.1 Å². The van der Waals surface area contributed by atoms with Gasteiger partial charge in [0.2, 0.25) is 5.78 Å². The number of hydrogen-bond donors (Lipinski definition) is 1. The van der Waals surface area contributed by atoms with Gasteiger partial charge in [-0.05, 0) is 35.2 Å². The monoisotopic (exact) mass is 414 g/mol. The maximum Gasteiger partial charge on any atom is 0.270 e. The van der Waals surface area contributed by atoms with Gasteiger partial charge in [-0.25, -0.2) is 12.8 Å². The summed E-state index contributed by atoms with van der Waals surface area (Å²) in [6.45, 7) is 0.109. The lowest BCUT2D eigenvalue weighted by Gasteiger charge is -2.29. The predicted molar refractivity (Wildman–Crippen MR) is 108 cm³/mol. The van der Waals surface area contributed by atoms with Crippen molar-refractivity contribution in [1.82, 2.24) is 0 Å². The van der Waals surface area contributed by atoms with Crippen molar-refractivity contribution in [1.29, 1.82) is 0 Å². The quantitative estimate of drug-likeness (QED) is 0.644. The molecule has 4 rings (SSSR count). The number of hydrogen-bond acceptors (Lipinski definition) is 5. The topological polar surface area (TPSA) is 66.5 Å². The van der Waals surface area contributed by atoms with E-state index in [9.17, 15) is 17.6 Å². The van der Waals surface area contributed by atoms with Crippen LogP contribution in [0.4, 0.5) is 15.8 Å². The summed E-state index contributed by atoms with van der Waals surface area (Å²) in [6.07, 6.45) is 1.13. The molecule has 0 bridgehead atoms. The van der Waals surface area contributed by atoms with Gasteiger partial charge in [-0.1, -0.05) is 36.4 Å². The van der Waals surface area contributed by atoms with E-state index in [1.807, 2.05) is 30.3 Å². The van der Waals surface area contributed by atoms with Crippen molar-refractivity contribution in [3.05, 3.63) is 93.4 Å². The molecular weight excluding hydrogens is 399 g/mol. The van der Waals surface area contributed by atoms with E-state index < -0.39 is 21.6 Å². The number of benzene rings is 2. The molecule has 28 heavy (non-hydrogen) atoms. The van der Waals surface area contributed by atoms with Crippen molar-refractivity contribution in [2.75, 3.05) is 9.62 Å². The number of thiophene rings is 1. The average molecular weight is 414 g/mol. The van der Waals surface area contributed by atoms with E-state index in [4.69, 9.17) is 0 Å². The number of rotatable bonds is 4. The Morgan fingerprint density at radius 3 is 2.61 bits per heavy atom. The zero-order valence-corrected chi connectivity index (χ0v) is 16.1. The van der Waals surface area contributed by atoms with Gasteiger partial charge in [-0.3, -0.25) is 9.10 Å². The van der Waals surface area contributed by atoms with Crippen molar-refractivity contribution < 1.29 is 17.6 Å². The Hall–Kier alpha value is -2.97. The Bertz CT molecular complexity index is 1170. The van der Waals surface area contributed by atoms with Crippen LogP contribution in [-0.4, -0.2) is 14.2 Å². The highest BCUT2D eigenvalue weighted by atomic mass is 32.2. The number of carbonyl (C=O) groups excluding carboxylic acids is 1. The summed E-state index contributed by atoms with van der Waals surface area (Å²) < 4.78 is 41.0. The summed E-state index contributed by atoms with van der Waals surface area (Å²) in [5, 5.41) is 4.42. The second-order valence-electron chi connectivity index (χ2n) is 6.12. The van der Waals surface area contributed by atoms with Crippen molar-refractivity contribution in [2.45, 2.75) is 6.54 Å². The first-order valence-electron chi connectivity index (χ1n) is 8.38. The molecule has 142 valence electrons. The van der Waals surface area contributed by atoms with Crippen LogP contribution in [0.2, 0.25) is 0 Å². The van der Waals surface area contributed by atoms with Gasteiger partial charge in [-0.2, -0.15) is 0 Å². The number of anilines is 2. The molecule has 0 saturated carbocycles. The lowest BCUT2D eigenvalue weighted by Crippen LogP contribution is -2.38. The first-order chi connectivity index (χ1) is 13.5. The van der Waals surface area contributed by atoms with Gasteiger partial charge in [0.25, 0.3) is 10.0 Å². The van der Waals surface area contributed by atoms with E-state index in [0.29, 0.717) is 16.3 Å². The van der Waals surface area contributed by atoms with E-state index >= 15 is 0 Å². The van der Waals surface area contributed by atoms with Crippen LogP contribution >= 0.6 is 11.3 Å². The number of sulfonamides is 1. The summed E-state index contributed by atoms with van der Waals surface area (Å²) in [5.41, 5.74) is 1.53. The van der Waals surface area contributed by atoms with Crippen molar-refractivity contribution in [3.63, 3.8) is 0 Å². The van der Waals surface area contributed by atoms with Crippen LogP contribution < -0.4 is 9.62 Å². The van der Waals surface area contributed by atoms with E-state index in [0.717, 1.165) is 11.8 Å². The molecule has 2 heterocycles. The number of halogens is 1. The highest BCUT2D eigenvalue weighted by Crippen LogP contribution is 2.39. The minimum Gasteiger partial charge on any atom is -0.360 e. The maximum absolute atomic E-state index is 13.4. The molecule has 1 N–H and O–H groups in total. The third kappa shape index (κ3) is 3.32. The number of carbonyl (C=O) groups is 1. The Balaban J connectivity index is 1.75. The molecule has 0 fully saturated rings. The molecule has 0 aliphatic carbocycles.